The molecule has 25 rings (SSSR count). The third-order valence-corrected chi connectivity index (χ3v) is 24.8. The molecule has 0 radical (unpaired) electrons. The number of rotatable bonds is 6. The molecule has 11 heteroatoms. The van der Waals surface area contributed by atoms with Crippen molar-refractivity contribution in [1.29, 1.82) is 0 Å². The normalized spacial score (nSPS) is 13.8. The highest BCUT2D eigenvalue weighted by molar-refractivity contribution is 7.13. The summed E-state index contributed by atoms with van der Waals surface area (Å²) in [6.07, 6.45) is 0. The summed E-state index contributed by atoms with van der Waals surface area (Å²) in [5.74, 6) is 1.67. The van der Waals surface area contributed by atoms with Crippen molar-refractivity contribution in [3.63, 3.8) is 0 Å². The molecule has 0 aliphatic carbocycles. The van der Waals surface area contributed by atoms with Gasteiger partial charge in [0.1, 0.15) is 22.3 Å². The average Bonchev–Trinajstić information content (AvgIpc) is 1.54. The lowest BCUT2D eigenvalue weighted by Gasteiger charge is -2.42. The number of fused-ring (bicyclic) bond motifs is 19. The molecule has 4 aliphatic heterocycles. The first-order valence-corrected chi connectivity index (χ1v) is 38.8. The average molecular weight is 1430 g/mol. The van der Waals surface area contributed by atoms with Crippen LogP contribution in [0.2, 0.25) is 0 Å². The number of furan rings is 4. The van der Waals surface area contributed by atoms with Gasteiger partial charge >= 0.3 is 0 Å². The minimum atomic E-state index is -0.184. The summed E-state index contributed by atoms with van der Waals surface area (Å²) >= 11 is 0. The number of hydrogen-bond donors (Lipinski definition) is 0. The molecule has 520 valence electrons. The van der Waals surface area contributed by atoms with Crippen molar-refractivity contribution in [2.45, 2.75) is 19.3 Å². The number of hydrogen-bond acceptors (Lipinski definition) is 7. The molecule has 8 heterocycles. The van der Waals surface area contributed by atoms with Crippen LogP contribution in [0.5, 0.6) is 11.5 Å². The van der Waals surface area contributed by atoms with Crippen LogP contribution in [0, 0.1) is 0 Å². The second kappa shape index (κ2) is 24.1. The third-order valence-electron chi connectivity index (χ3n) is 24.8. The van der Waals surface area contributed by atoms with E-state index in [1.54, 1.807) is 0 Å². The Bertz CT molecular complexity index is 7310. The highest BCUT2D eigenvalue weighted by Crippen LogP contribution is 2.53. The van der Waals surface area contributed by atoms with E-state index in [0.29, 0.717) is 0 Å². The van der Waals surface area contributed by atoms with Gasteiger partial charge in [0.05, 0.1) is 45.4 Å². The Hall–Kier alpha value is -13.9. The van der Waals surface area contributed by atoms with Crippen molar-refractivity contribution in [3.05, 3.63) is 363 Å². The van der Waals surface area contributed by atoms with Crippen LogP contribution in [0.15, 0.2) is 370 Å². The zero-order chi connectivity index (χ0) is 73.6. The lowest BCUT2D eigenvalue weighted by Crippen LogP contribution is -2.73. The Morgan fingerprint density at radius 3 is 1.04 bits per heavy atom. The molecule has 17 aromatic carbocycles. The zero-order valence-corrected chi connectivity index (χ0v) is 61.2. The lowest BCUT2D eigenvalue weighted by molar-refractivity contribution is 0.477. The van der Waals surface area contributed by atoms with Crippen LogP contribution in [0.1, 0.15) is 25.0 Å². The van der Waals surface area contributed by atoms with E-state index in [1.807, 2.05) is 24.3 Å². The summed E-state index contributed by atoms with van der Waals surface area (Å²) in [5, 5.41) is 17.1. The fourth-order valence-corrected chi connectivity index (χ4v) is 19.9. The zero-order valence-electron chi connectivity index (χ0n) is 61.2. The van der Waals surface area contributed by atoms with Gasteiger partial charge in [-0.15, -0.1) is 0 Å². The molecule has 0 bridgehead atoms. The standard InChI is InChI=1S/C51H35B2NO2.C50H29B2NO3/c1-51(2)41-17-7-9-19-43(41)54(44-20-10-8-18-42(44)51)36-28-25-34(26-29-36)52-47-39-15-5-11-21-45(39)56-50(47)53(48-40-16-6-12-22-46(40)55-49(48)52)35-27-30-38-33(31-35)24-23-32-13-3-4-14-37(32)38;1-5-16-41-37(12-1)47-50(56-41)52(35-28-32-22-20-30-10-9-11-31-21-23-33(29-35)46(32)45(30)31)48-38-13-2-6-17-42(38)55-49(48)51(47)34-24-26-36(27-25-34)53-39-14-3-7-18-43(39)54-44-19-8-4-15-40(44)53/h3-31H,1-2H3;1-29H. The Kier molecular flexibility index (Phi) is 13.6. The Morgan fingerprint density at radius 1 is 0.241 bits per heavy atom. The van der Waals surface area contributed by atoms with Gasteiger partial charge in [-0.1, -0.05) is 303 Å². The molecule has 4 aliphatic rings. The molecule has 7 nitrogen and oxygen atoms in total. The molecule has 4 aromatic heterocycles. The Balaban J connectivity index is 0.000000130. The monoisotopic (exact) mass is 1430 g/mol. The van der Waals surface area contributed by atoms with Crippen molar-refractivity contribution >= 4 is 225 Å². The van der Waals surface area contributed by atoms with E-state index in [4.69, 9.17) is 22.4 Å². The Labute approximate surface area is 646 Å². The molecule has 21 aromatic rings. The molecule has 0 fully saturated rings. The summed E-state index contributed by atoms with van der Waals surface area (Å²) in [7, 11) is 0. The van der Waals surface area contributed by atoms with Crippen LogP contribution in [-0.4, -0.2) is 26.9 Å². The van der Waals surface area contributed by atoms with Gasteiger partial charge in [-0.25, -0.2) is 0 Å². The topological polar surface area (TPSA) is 68.3 Å². The first kappa shape index (κ1) is 63.1. The number of benzene rings is 17. The van der Waals surface area contributed by atoms with Crippen LogP contribution in [0.4, 0.5) is 34.1 Å². The smallest absolute Gasteiger partial charge is 0.290 e. The van der Waals surface area contributed by atoms with Gasteiger partial charge in [0.15, 0.2) is 11.5 Å². The lowest BCUT2D eigenvalue weighted by atomic mass is 9.24. The van der Waals surface area contributed by atoms with Gasteiger partial charge in [-0.2, -0.15) is 0 Å². The summed E-state index contributed by atoms with van der Waals surface area (Å²) in [6.45, 7) is 4.00. The maximum absolute atomic E-state index is 7.07. The SMILES string of the molecule is CC1(C)c2ccccc2N(c2ccc(B3c4oc5ccccc5c4B(c4ccc5c(ccc6ccccc65)c4)c4oc5ccccc5c43)cc2)c2ccccc21.c1ccc2c(c1)Oc1ccccc1N2c1ccc(B2c3oc4ccccc4c3B(c3cc4ccc5cccc6ccc(c3)c4c56)c3oc4ccccc4c32)cc1. The molecule has 0 unspecified atom stereocenters. The minimum absolute atomic E-state index is 0.114. The van der Waals surface area contributed by atoms with Gasteiger partial charge < -0.3 is 32.2 Å². The fourth-order valence-electron chi connectivity index (χ4n) is 19.9. The maximum Gasteiger partial charge on any atom is 0.290 e. The van der Waals surface area contributed by atoms with Gasteiger partial charge in [0, 0.05) is 38.3 Å². The van der Waals surface area contributed by atoms with Gasteiger partial charge in [-0.3, -0.25) is 0 Å². The van der Waals surface area contributed by atoms with E-state index in [9.17, 15) is 0 Å². The predicted molar refractivity (Wildman–Crippen MR) is 470 cm³/mol. The Morgan fingerprint density at radius 2 is 0.562 bits per heavy atom. The van der Waals surface area contributed by atoms with Crippen molar-refractivity contribution in [3.8, 4) is 11.5 Å². The van der Waals surface area contributed by atoms with Crippen molar-refractivity contribution < 1.29 is 22.4 Å². The van der Waals surface area contributed by atoms with Crippen molar-refractivity contribution in [1.82, 2.24) is 0 Å². The molecule has 0 N–H and O–H groups in total. The molecular weight excluding hydrogens is 1360 g/mol. The van der Waals surface area contributed by atoms with E-state index >= 15 is 0 Å². The molecule has 0 spiro atoms. The largest absolute Gasteiger partial charge is 0.471 e. The van der Waals surface area contributed by atoms with Crippen LogP contribution in [0.25, 0.3) is 97.7 Å². The molecule has 0 atom stereocenters. The van der Waals surface area contributed by atoms with E-state index in [0.717, 1.165) is 112 Å². The van der Waals surface area contributed by atoms with E-state index in [1.165, 1.54) is 109 Å². The summed E-state index contributed by atoms with van der Waals surface area (Å²) in [5.41, 5.74) is 26.1. The van der Waals surface area contributed by atoms with Crippen LogP contribution < -0.4 is 80.9 Å². The van der Waals surface area contributed by atoms with E-state index < -0.39 is 0 Å². The van der Waals surface area contributed by atoms with Gasteiger partial charge in [0.2, 0.25) is 0 Å². The van der Waals surface area contributed by atoms with Gasteiger partial charge in [0.25, 0.3) is 26.9 Å². The molecule has 0 saturated carbocycles. The number of nitrogens with zero attached hydrogens (tertiary/aromatic N) is 2. The summed E-state index contributed by atoms with van der Waals surface area (Å²) in [4.78, 5) is 4.71. The van der Waals surface area contributed by atoms with Crippen molar-refractivity contribution in [2.24, 2.45) is 0 Å². The van der Waals surface area contributed by atoms with E-state index in [2.05, 4.69) is 351 Å². The first-order valence-electron chi connectivity index (χ1n) is 38.8. The molecule has 112 heavy (non-hydrogen) atoms. The number of anilines is 6. The quantitative estimate of drug-likeness (QED) is 0.121. The first-order chi connectivity index (χ1) is 55.3. The van der Waals surface area contributed by atoms with Crippen LogP contribution >= 0.6 is 0 Å². The van der Waals surface area contributed by atoms with E-state index in [-0.39, 0.29) is 32.3 Å². The van der Waals surface area contributed by atoms with Crippen molar-refractivity contribution in [2.75, 3.05) is 9.80 Å². The maximum atomic E-state index is 7.07. The highest BCUT2D eigenvalue weighted by atomic mass is 16.5. The minimum Gasteiger partial charge on any atom is -0.471 e. The summed E-state index contributed by atoms with van der Waals surface area (Å²) < 4.78 is 34.5. The highest BCUT2D eigenvalue weighted by Gasteiger charge is 2.49. The number of para-hydroxylation sites is 10. The second-order valence-corrected chi connectivity index (χ2v) is 31.1. The predicted octanol–water partition coefficient (Wildman–Crippen LogP) is 17.9. The second-order valence-electron chi connectivity index (χ2n) is 31.1. The van der Waals surface area contributed by atoms with Crippen LogP contribution in [0.3, 0.4) is 0 Å². The van der Waals surface area contributed by atoms with Crippen LogP contribution in [-0.2, 0) is 5.41 Å². The molecular formula is C101H64B4N2O5. The third kappa shape index (κ3) is 9.22. The summed E-state index contributed by atoms with van der Waals surface area (Å²) in [6, 6.07) is 127. The molecule has 0 saturated heterocycles. The number of ether oxygens (including phenoxy) is 1. The van der Waals surface area contributed by atoms with Gasteiger partial charge in [-0.05, 0) is 172 Å². The molecule has 0 amide bonds. The fraction of sp³-hybridized carbons (Fsp3) is 0.0297.